The Kier molecular flexibility index (Phi) is 3.48. The van der Waals surface area contributed by atoms with E-state index in [0.29, 0.717) is 11.1 Å². The van der Waals surface area contributed by atoms with Crippen LogP contribution in [0.15, 0.2) is 65.3 Å². The number of nitrogens with one attached hydrogen (secondary N) is 1. The lowest BCUT2D eigenvalue weighted by molar-refractivity contribution is 0.102. The van der Waals surface area contributed by atoms with Crippen molar-refractivity contribution < 1.29 is 4.79 Å². The quantitative estimate of drug-likeness (QED) is 0.764. The van der Waals surface area contributed by atoms with E-state index in [9.17, 15) is 4.79 Å². The van der Waals surface area contributed by atoms with Gasteiger partial charge in [0.2, 0.25) is 0 Å². The van der Waals surface area contributed by atoms with Gasteiger partial charge in [-0.25, -0.2) is 0 Å². The summed E-state index contributed by atoms with van der Waals surface area (Å²) in [5, 5.41) is 3.83. The highest BCUT2D eigenvalue weighted by molar-refractivity contribution is 9.10. The summed E-state index contributed by atoms with van der Waals surface area (Å²) in [5.41, 5.74) is 2.04. The van der Waals surface area contributed by atoms with Crippen LogP contribution in [-0.2, 0) is 0 Å². The number of fused-ring (bicyclic) bond motifs is 1. The van der Waals surface area contributed by atoms with Crippen LogP contribution in [-0.4, -0.2) is 10.9 Å². The third kappa shape index (κ3) is 2.56. The number of hydrogen-bond acceptors (Lipinski definition) is 2. The first-order chi connectivity index (χ1) is 9.74. The zero-order valence-electron chi connectivity index (χ0n) is 10.5. The zero-order chi connectivity index (χ0) is 13.9. The van der Waals surface area contributed by atoms with Gasteiger partial charge in [-0.05, 0) is 36.4 Å². The first kappa shape index (κ1) is 12.8. The van der Waals surface area contributed by atoms with Crippen molar-refractivity contribution in [1.82, 2.24) is 4.98 Å². The number of para-hydroxylation sites is 1. The highest BCUT2D eigenvalue weighted by Gasteiger charge is 2.10. The molecule has 0 bridgehead atoms. The summed E-state index contributed by atoms with van der Waals surface area (Å²) in [5.74, 6) is -0.156. The molecular formula is C16H11BrN2O. The van der Waals surface area contributed by atoms with Gasteiger partial charge in [0.05, 0.1) is 11.1 Å². The zero-order valence-corrected chi connectivity index (χ0v) is 12.1. The predicted molar refractivity (Wildman–Crippen MR) is 83.8 cm³/mol. The van der Waals surface area contributed by atoms with E-state index in [1.807, 2.05) is 48.5 Å². The molecule has 1 heterocycles. The Bertz CT molecular complexity index is 764. The van der Waals surface area contributed by atoms with Crippen molar-refractivity contribution >= 4 is 38.4 Å². The van der Waals surface area contributed by atoms with Crippen LogP contribution in [0.1, 0.15) is 10.4 Å². The Morgan fingerprint density at radius 2 is 1.75 bits per heavy atom. The molecule has 0 fully saturated rings. The summed E-state index contributed by atoms with van der Waals surface area (Å²) in [6, 6.07) is 16.9. The molecule has 0 spiro atoms. The first-order valence-electron chi connectivity index (χ1n) is 6.15. The summed E-state index contributed by atoms with van der Waals surface area (Å²) >= 11 is 3.37. The van der Waals surface area contributed by atoms with Gasteiger partial charge in [-0.3, -0.25) is 9.78 Å². The second kappa shape index (κ2) is 5.43. The molecule has 0 unspecified atom stereocenters. The van der Waals surface area contributed by atoms with Crippen molar-refractivity contribution in [1.29, 1.82) is 0 Å². The minimum absolute atomic E-state index is 0.156. The fourth-order valence-corrected chi connectivity index (χ4v) is 2.28. The normalized spacial score (nSPS) is 10.4. The molecule has 3 aromatic rings. The number of pyridine rings is 1. The molecule has 0 aliphatic heterocycles. The SMILES string of the molecule is O=C(Nc1ccc(Br)cc1)c1cccc2cccnc12. The number of carbonyl (C=O) groups is 1. The number of halogens is 1. The molecule has 1 amide bonds. The van der Waals surface area contributed by atoms with E-state index in [4.69, 9.17) is 0 Å². The summed E-state index contributed by atoms with van der Waals surface area (Å²) < 4.78 is 0.974. The van der Waals surface area contributed by atoms with Gasteiger partial charge >= 0.3 is 0 Å². The maximum atomic E-state index is 12.4. The third-order valence-electron chi connectivity index (χ3n) is 2.98. The van der Waals surface area contributed by atoms with Crippen LogP contribution in [0, 0.1) is 0 Å². The van der Waals surface area contributed by atoms with E-state index < -0.39 is 0 Å². The molecule has 0 atom stereocenters. The van der Waals surface area contributed by atoms with Crippen LogP contribution in [0.25, 0.3) is 10.9 Å². The molecule has 0 aliphatic carbocycles. The van der Waals surface area contributed by atoms with Gasteiger partial charge in [0, 0.05) is 21.7 Å². The highest BCUT2D eigenvalue weighted by atomic mass is 79.9. The molecule has 0 aliphatic rings. The largest absolute Gasteiger partial charge is 0.322 e. The number of aromatic nitrogens is 1. The van der Waals surface area contributed by atoms with Crippen LogP contribution in [0.5, 0.6) is 0 Å². The fraction of sp³-hybridized carbons (Fsp3) is 0. The van der Waals surface area contributed by atoms with Gasteiger partial charge in [0.25, 0.3) is 5.91 Å². The van der Waals surface area contributed by atoms with Gasteiger partial charge < -0.3 is 5.32 Å². The molecule has 2 aromatic carbocycles. The molecule has 3 rings (SSSR count). The lowest BCUT2D eigenvalue weighted by atomic mass is 10.1. The second-order valence-corrected chi connectivity index (χ2v) is 5.26. The standard InChI is InChI=1S/C16H11BrN2O/c17-12-6-8-13(9-7-12)19-16(20)14-5-1-3-11-4-2-10-18-15(11)14/h1-10H,(H,19,20). The van der Waals surface area contributed by atoms with E-state index in [1.54, 1.807) is 12.3 Å². The van der Waals surface area contributed by atoms with Crippen molar-refractivity contribution in [3.05, 3.63) is 70.8 Å². The Hall–Kier alpha value is -2.20. The second-order valence-electron chi connectivity index (χ2n) is 4.34. The van der Waals surface area contributed by atoms with Crippen LogP contribution in [0.2, 0.25) is 0 Å². The summed E-state index contributed by atoms with van der Waals surface area (Å²) in [7, 11) is 0. The monoisotopic (exact) mass is 326 g/mol. The molecule has 3 nitrogen and oxygen atoms in total. The van der Waals surface area contributed by atoms with Crippen molar-refractivity contribution in [3.8, 4) is 0 Å². The summed E-state index contributed by atoms with van der Waals surface area (Å²) in [6.45, 7) is 0. The third-order valence-corrected chi connectivity index (χ3v) is 3.51. The summed E-state index contributed by atoms with van der Waals surface area (Å²) in [6.07, 6.45) is 1.69. The van der Waals surface area contributed by atoms with Crippen LogP contribution in [0.3, 0.4) is 0 Å². The Labute approximate surface area is 124 Å². The first-order valence-corrected chi connectivity index (χ1v) is 6.94. The van der Waals surface area contributed by atoms with Crippen molar-refractivity contribution in [2.75, 3.05) is 5.32 Å². The van der Waals surface area contributed by atoms with Gasteiger partial charge in [-0.2, -0.15) is 0 Å². The number of anilines is 1. The minimum Gasteiger partial charge on any atom is -0.322 e. The molecule has 1 aromatic heterocycles. The molecule has 98 valence electrons. The van der Waals surface area contributed by atoms with Crippen molar-refractivity contribution in [2.24, 2.45) is 0 Å². The number of benzene rings is 2. The van der Waals surface area contributed by atoms with E-state index in [0.717, 1.165) is 15.5 Å². The Morgan fingerprint density at radius 1 is 1.00 bits per heavy atom. The topological polar surface area (TPSA) is 42.0 Å². The molecule has 0 saturated carbocycles. The molecule has 4 heteroatoms. The van der Waals surface area contributed by atoms with Crippen LogP contribution >= 0.6 is 15.9 Å². The average Bonchev–Trinajstić information content (AvgIpc) is 2.49. The lowest BCUT2D eigenvalue weighted by Gasteiger charge is -2.07. The number of nitrogens with zero attached hydrogens (tertiary/aromatic N) is 1. The maximum absolute atomic E-state index is 12.4. The fourth-order valence-electron chi connectivity index (χ4n) is 2.02. The molecule has 20 heavy (non-hydrogen) atoms. The van der Waals surface area contributed by atoms with Gasteiger partial charge in [-0.15, -0.1) is 0 Å². The van der Waals surface area contributed by atoms with E-state index in [-0.39, 0.29) is 5.91 Å². The van der Waals surface area contributed by atoms with Gasteiger partial charge in [0.1, 0.15) is 0 Å². The van der Waals surface area contributed by atoms with Gasteiger partial charge in [-0.1, -0.05) is 34.1 Å². The van der Waals surface area contributed by atoms with Crippen LogP contribution < -0.4 is 5.32 Å². The lowest BCUT2D eigenvalue weighted by Crippen LogP contribution is -2.12. The molecular weight excluding hydrogens is 316 g/mol. The van der Waals surface area contributed by atoms with E-state index in [2.05, 4.69) is 26.2 Å². The van der Waals surface area contributed by atoms with E-state index in [1.165, 1.54) is 0 Å². The molecule has 1 N–H and O–H groups in total. The molecule has 0 saturated heterocycles. The minimum atomic E-state index is -0.156. The summed E-state index contributed by atoms with van der Waals surface area (Å²) in [4.78, 5) is 16.6. The Morgan fingerprint density at radius 3 is 2.55 bits per heavy atom. The maximum Gasteiger partial charge on any atom is 0.257 e. The highest BCUT2D eigenvalue weighted by Crippen LogP contribution is 2.19. The number of hydrogen-bond donors (Lipinski definition) is 1. The molecule has 0 radical (unpaired) electrons. The number of amides is 1. The van der Waals surface area contributed by atoms with E-state index >= 15 is 0 Å². The van der Waals surface area contributed by atoms with Crippen LogP contribution in [0.4, 0.5) is 5.69 Å². The number of rotatable bonds is 2. The van der Waals surface area contributed by atoms with Gasteiger partial charge in [0.15, 0.2) is 0 Å². The smallest absolute Gasteiger partial charge is 0.257 e. The number of carbonyl (C=O) groups excluding carboxylic acids is 1. The Balaban J connectivity index is 1.94. The van der Waals surface area contributed by atoms with Crippen molar-refractivity contribution in [3.63, 3.8) is 0 Å². The average molecular weight is 327 g/mol. The van der Waals surface area contributed by atoms with Crippen molar-refractivity contribution in [2.45, 2.75) is 0 Å². The predicted octanol–water partition coefficient (Wildman–Crippen LogP) is 4.25.